The SMILES string of the molecule is COC(=O)c1sccc1S(=O)(=O)N1CCC[C@H](N2CCCC2=O)C1. The molecule has 2 aliphatic rings. The first-order chi connectivity index (χ1) is 11.4. The Labute approximate surface area is 145 Å². The van der Waals surface area contributed by atoms with E-state index in [2.05, 4.69) is 4.74 Å². The van der Waals surface area contributed by atoms with Gasteiger partial charge in [-0.15, -0.1) is 11.3 Å². The van der Waals surface area contributed by atoms with Crippen LogP contribution in [0.3, 0.4) is 0 Å². The van der Waals surface area contributed by atoms with E-state index >= 15 is 0 Å². The van der Waals surface area contributed by atoms with Crippen LogP contribution in [0.4, 0.5) is 0 Å². The Morgan fingerprint density at radius 2 is 2.12 bits per heavy atom. The van der Waals surface area contributed by atoms with Gasteiger partial charge in [0.15, 0.2) is 0 Å². The number of nitrogens with zero attached hydrogens (tertiary/aromatic N) is 2. The maximum atomic E-state index is 13.0. The van der Waals surface area contributed by atoms with Crippen molar-refractivity contribution < 1.29 is 22.7 Å². The third-order valence-corrected chi connectivity index (χ3v) is 7.46. The van der Waals surface area contributed by atoms with Crippen LogP contribution >= 0.6 is 11.3 Å². The molecule has 9 heteroatoms. The van der Waals surface area contributed by atoms with Crippen LogP contribution in [-0.2, 0) is 19.6 Å². The van der Waals surface area contributed by atoms with Crippen LogP contribution < -0.4 is 0 Å². The fourth-order valence-corrected chi connectivity index (χ4v) is 6.15. The highest BCUT2D eigenvalue weighted by molar-refractivity contribution is 7.89. The molecule has 3 rings (SSSR count). The lowest BCUT2D eigenvalue weighted by atomic mass is 10.1. The largest absolute Gasteiger partial charge is 0.465 e. The highest BCUT2D eigenvalue weighted by atomic mass is 32.2. The molecule has 1 atom stereocenters. The van der Waals surface area contributed by atoms with Gasteiger partial charge < -0.3 is 9.64 Å². The molecule has 2 fully saturated rings. The van der Waals surface area contributed by atoms with Crippen molar-refractivity contribution in [3.8, 4) is 0 Å². The number of methoxy groups -OCH3 is 1. The van der Waals surface area contributed by atoms with Crippen molar-refractivity contribution >= 4 is 33.2 Å². The van der Waals surface area contributed by atoms with Crippen molar-refractivity contribution in [2.45, 2.75) is 36.6 Å². The molecule has 2 aliphatic heterocycles. The maximum Gasteiger partial charge on any atom is 0.349 e. The van der Waals surface area contributed by atoms with Gasteiger partial charge in [-0.05, 0) is 30.7 Å². The number of piperidine rings is 1. The molecule has 132 valence electrons. The first-order valence-corrected chi connectivity index (χ1v) is 10.2. The van der Waals surface area contributed by atoms with E-state index in [1.165, 1.54) is 17.5 Å². The standard InChI is InChI=1S/C15H20N2O5S2/c1-22-15(19)14-12(6-9-23-14)24(20,21)16-7-2-4-11(10-16)17-8-3-5-13(17)18/h6,9,11H,2-5,7-8,10H2,1H3/t11-/m0/s1. The monoisotopic (exact) mass is 372 g/mol. The number of sulfonamides is 1. The quantitative estimate of drug-likeness (QED) is 0.744. The zero-order valence-corrected chi connectivity index (χ0v) is 15.1. The Balaban J connectivity index is 1.83. The summed E-state index contributed by atoms with van der Waals surface area (Å²) in [6, 6.07) is 1.36. The number of amides is 1. The molecule has 0 N–H and O–H groups in total. The Morgan fingerprint density at radius 3 is 2.79 bits per heavy atom. The van der Waals surface area contributed by atoms with Gasteiger partial charge in [0.2, 0.25) is 15.9 Å². The lowest BCUT2D eigenvalue weighted by Crippen LogP contribution is -2.50. The summed E-state index contributed by atoms with van der Waals surface area (Å²) in [5.74, 6) is -0.545. The molecule has 24 heavy (non-hydrogen) atoms. The summed E-state index contributed by atoms with van der Waals surface area (Å²) >= 11 is 1.05. The second kappa shape index (κ2) is 6.81. The van der Waals surface area contributed by atoms with E-state index in [1.807, 2.05) is 0 Å². The van der Waals surface area contributed by atoms with E-state index in [0.29, 0.717) is 25.9 Å². The van der Waals surface area contributed by atoms with Gasteiger partial charge in [-0.3, -0.25) is 4.79 Å². The van der Waals surface area contributed by atoms with Gasteiger partial charge in [-0.2, -0.15) is 4.31 Å². The number of carbonyl (C=O) groups excluding carboxylic acids is 2. The Morgan fingerprint density at radius 1 is 1.33 bits per heavy atom. The first-order valence-electron chi connectivity index (χ1n) is 7.90. The molecule has 0 unspecified atom stereocenters. The minimum atomic E-state index is -3.78. The number of carbonyl (C=O) groups is 2. The van der Waals surface area contributed by atoms with E-state index in [9.17, 15) is 18.0 Å². The highest BCUT2D eigenvalue weighted by Gasteiger charge is 2.37. The van der Waals surface area contributed by atoms with Crippen LogP contribution in [0.15, 0.2) is 16.3 Å². The van der Waals surface area contributed by atoms with Gasteiger partial charge in [0.05, 0.1) is 7.11 Å². The molecule has 2 saturated heterocycles. The molecule has 1 aromatic heterocycles. The Bertz CT molecular complexity index is 743. The average molecular weight is 372 g/mol. The molecule has 3 heterocycles. The predicted octanol–water partition coefficient (Wildman–Crippen LogP) is 1.31. The summed E-state index contributed by atoms with van der Waals surface area (Å²) in [5, 5.41) is 1.57. The Kier molecular flexibility index (Phi) is 4.93. The van der Waals surface area contributed by atoms with Gasteiger partial charge in [0.25, 0.3) is 0 Å². The van der Waals surface area contributed by atoms with Crippen molar-refractivity contribution in [1.82, 2.24) is 9.21 Å². The topological polar surface area (TPSA) is 84.0 Å². The second-order valence-electron chi connectivity index (χ2n) is 5.96. The molecule has 0 saturated carbocycles. The molecule has 1 aromatic rings. The third kappa shape index (κ3) is 3.07. The zero-order valence-electron chi connectivity index (χ0n) is 13.4. The predicted molar refractivity (Wildman–Crippen MR) is 88.4 cm³/mol. The lowest BCUT2D eigenvalue weighted by molar-refractivity contribution is -0.130. The summed E-state index contributed by atoms with van der Waals surface area (Å²) in [4.78, 5) is 25.6. The summed E-state index contributed by atoms with van der Waals surface area (Å²) in [7, 11) is -2.55. The fraction of sp³-hybridized carbons (Fsp3) is 0.600. The molecular weight excluding hydrogens is 352 g/mol. The van der Waals surface area contributed by atoms with Gasteiger partial charge >= 0.3 is 5.97 Å². The molecule has 0 bridgehead atoms. The number of hydrogen-bond donors (Lipinski definition) is 0. The summed E-state index contributed by atoms with van der Waals surface area (Å²) in [6.07, 6.45) is 2.88. The number of esters is 1. The van der Waals surface area contributed by atoms with Crippen molar-refractivity contribution in [2.75, 3.05) is 26.7 Å². The van der Waals surface area contributed by atoms with Crippen LogP contribution in [0, 0.1) is 0 Å². The summed E-state index contributed by atoms with van der Waals surface area (Å²) < 4.78 is 32.0. The van der Waals surface area contributed by atoms with Crippen molar-refractivity contribution in [2.24, 2.45) is 0 Å². The summed E-state index contributed by atoms with van der Waals surface area (Å²) in [6.45, 7) is 1.38. The van der Waals surface area contributed by atoms with Gasteiger partial charge in [0.1, 0.15) is 9.77 Å². The molecule has 0 aliphatic carbocycles. The maximum absolute atomic E-state index is 13.0. The van der Waals surface area contributed by atoms with Crippen LogP contribution in [0.5, 0.6) is 0 Å². The van der Waals surface area contributed by atoms with E-state index in [4.69, 9.17) is 0 Å². The van der Waals surface area contributed by atoms with E-state index < -0.39 is 16.0 Å². The van der Waals surface area contributed by atoms with Crippen LogP contribution in [-0.4, -0.2) is 62.3 Å². The minimum Gasteiger partial charge on any atom is -0.465 e. The number of likely N-dealkylation sites (tertiary alicyclic amines) is 1. The number of rotatable bonds is 4. The highest BCUT2D eigenvalue weighted by Crippen LogP contribution is 2.29. The number of ether oxygens (including phenoxy) is 1. The van der Waals surface area contributed by atoms with Gasteiger partial charge in [-0.1, -0.05) is 0 Å². The van der Waals surface area contributed by atoms with E-state index in [-0.39, 0.29) is 28.3 Å². The Hall–Kier alpha value is -1.45. The number of thiophene rings is 1. The van der Waals surface area contributed by atoms with Gasteiger partial charge in [0, 0.05) is 32.1 Å². The molecular formula is C15H20N2O5S2. The molecule has 0 radical (unpaired) electrons. The van der Waals surface area contributed by atoms with Crippen LogP contribution in [0.2, 0.25) is 0 Å². The fourth-order valence-electron chi connectivity index (χ4n) is 3.33. The zero-order chi connectivity index (χ0) is 17.3. The van der Waals surface area contributed by atoms with Crippen molar-refractivity contribution in [3.05, 3.63) is 16.3 Å². The molecule has 7 nitrogen and oxygen atoms in total. The normalized spacial score (nSPS) is 22.8. The molecule has 0 aromatic carbocycles. The second-order valence-corrected chi connectivity index (χ2v) is 8.78. The molecule has 1 amide bonds. The smallest absolute Gasteiger partial charge is 0.349 e. The van der Waals surface area contributed by atoms with Crippen LogP contribution in [0.1, 0.15) is 35.4 Å². The molecule has 0 spiro atoms. The number of hydrogen-bond acceptors (Lipinski definition) is 6. The third-order valence-electron chi connectivity index (χ3n) is 4.53. The van der Waals surface area contributed by atoms with E-state index in [0.717, 1.165) is 24.2 Å². The van der Waals surface area contributed by atoms with E-state index in [1.54, 1.807) is 10.3 Å². The van der Waals surface area contributed by atoms with Crippen molar-refractivity contribution in [3.63, 3.8) is 0 Å². The van der Waals surface area contributed by atoms with Crippen molar-refractivity contribution in [1.29, 1.82) is 0 Å². The first kappa shape index (κ1) is 17.4. The lowest BCUT2D eigenvalue weighted by Gasteiger charge is -2.36. The summed E-state index contributed by atoms with van der Waals surface area (Å²) in [5.41, 5.74) is 0. The van der Waals surface area contributed by atoms with Gasteiger partial charge in [-0.25, -0.2) is 13.2 Å². The average Bonchev–Trinajstić information content (AvgIpc) is 3.23. The van der Waals surface area contributed by atoms with Crippen LogP contribution in [0.25, 0.3) is 0 Å². The minimum absolute atomic E-state index is 0.00671.